The quantitative estimate of drug-likeness (QED) is 0.370. The fourth-order valence-corrected chi connectivity index (χ4v) is 4.07. The molecule has 0 fully saturated rings. The molecule has 0 saturated carbocycles. The Hall–Kier alpha value is -1.85. The number of benzene rings is 2. The molecular formula is C24H32BrO5P. The van der Waals surface area contributed by atoms with Gasteiger partial charge in [0.1, 0.15) is 11.5 Å². The predicted molar refractivity (Wildman–Crippen MR) is 133 cm³/mol. The van der Waals surface area contributed by atoms with Gasteiger partial charge in [-0.1, -0.05) is 58.0 Å². The molecule has 3 N–H and O–H groups in total. The summed E-state index contributed by atoms with van der Waals surface area (Å²) in [4.78, 5) is 18.1. The number of fused-ring (bicyclic) bond motifs is 1. The highest BCUT2D eigenvalue weighted by molar-refractivity contribution is 9.10. The third-order valence-electron chi connectivity index (χ3n) is 4.44. The van der Waals surface area contributed by atoms with E-state index in [0.29, 0.717) is 16.7 Å². The van der Waals surface area contributed by atoms with Gasteiger partial charge in [0.15, 0.2) is 6.35 Å². The summed E-state index contributed by atoms with van der Waals surface area (Å²) >= 11 is 3.45. The van der Waals surface area contributed by atoms with Gasteiger partial charge in [-0.25, -0.2) is 0 Å². The topological polar surface area (TPSA) is 87.0 Å². The van der Waals surface area contributed by atoms with E-state index in [0.717, 1.165) is 33.1 Å². The summed E-state index contributed by atoms with van der Waals surface area (Å²) in [5.41, 5.74) is 4.05. The van der Waals surface area contributed by atoms with Gasteiger partial charge in [-0.3, -0.25) is 4.57 Å². The molecule has 170 valence electrons. The minimum atomic E-state index is -4.23. The van der Waals surface area contributed by atoms with E-state index in [-0.39, 0.29) is 5.75 Å². The van der Waals surface area contributed by atoms with Crippen molar-refractivity contribution in [1.82, 2.24) is 0 Å². The van der Waals surface area contributed by atoms with Crippen molar-refractivity contribution < 1.29 is 24.2 Å². The molecule has 5 nitrogen and oxygen atoms in total. The van der Waals surface area contributed by atoms with Crippen molar-refractivity contribution in [2.45, 2.75) is 48.0 Å². The van der Waals surface area contributed by atoms with Crippen molar-refractivity contribution in [3.8, 4) is 5.75 Å². The number of phenols is 1. The summed E-state index contributed by atoms with van der Waals surface area (Å²) in [7, 11) is -4.23. The second kappa shape index (κ2) is 12.3. The van der Waals surface area contributed by atoms with E-state index in [9.17, 15) is 9.67 Å². The molecule has 0 radical (unpaired) electrons. The van der Waals surface area contributed by atoms with Gasteiger partial charge in [-0.05, 0) is 69.6 Å². The maximum Gasteiger partial charge on any atom is 0.362 e. The standard InChI is InChI=1S/C20H20BrO5P.2C2H6/c1-12-6-7-14(26-11-27(23,24)25)10-13(2)19(12)16-4-3-5-17-15(16)8-9-18(22)20(17)21;2*1-2/h3-6,8-10,22H,7,11H2,1-2H3,(H2,23,24,25);2*1-2H3. The number of rotatable bonds is 4. The van der Waals surface area contributed by atoms with Gasteiger partial charge in [0.05, 0.1) is 4.47 Å². The number of hydrogen-bond acceptors (Lipinski definition) is 3. The van der Waals surface area contributed by atoms with Crippen LogP contribution in [-0.4, -0.2) is 21.2 Å². The third-order valence-corrected chi connectivity index (χ3v) is 5.74. The molecular weight excluding hydrogens is 479 g/mol. The van der Waals surface area contributed by atoms with Crippen LogP contribution in [0.2, 0.25) is 0 Å². The first-order chi connectivity index (χ1) is 14.7. The number of allylic oxidation sites excluding steroid dienone is 5. The normalized spacial score (nSPS) is 13.8. The monoisotopic (exact) mass is 510 g/mol. The summed E-state index contributed by atoms with van der Waals surface area (Å²) in [5, 5.41) is 11.9. The van der Waals surface area contributed by atoms with Crippen LogP contribution in [0.4, 0.5) is 0 Å². The lowest BCUT2D eigenvalue weighted by Crippen LogP contribution is -1.95. The van der Waals surface area contributed by atoms with Gasteiger partial charge in [0.2, 0.25) is 0 Å². The summed E-state index contributed by atoms with van der Waals surface area (Å²) in [6.45, 7) is 12.0. The zero-order valence-electron chi connectivity index (χ0n) is 18.9. The number of aromatic hydroxyl groups is 1. The number of ether oxygens (including phenoxy) is 1. The first kappa shape index (κ1) is 27.2. The molecule has 0 heterocycles. The van der Waals surface area contributed by atoms with Gasteiger partial charge in [-0.2, -0.15) is 0 Å². The lowest BCUT2D eigenvalue weighted by Gasteiger charge is -2.15. The van der Waals surface area contributed by atoms with Crippen molar-refractivity contribution >= 4 is 39.9 Å². The van der Waals surface area contributed by atoms with E-state index in [2.05, 4.69) is 15.9 Å². The minimum absolute atomic E-state index is 0.187. The fraction of sp³-hybridized carbons (Fsp3) is 0.333. The Bertz CT molecular complexity index is 1050. The Kier molecular flexibility index (Phi) is 10.7. The van der Waals surface area contributed by atoms with Crippen LogP contribution in [0.25, 0.3) is 16.3 Å². The van der Waals surface area contributed by atoms with Crippen molar-refractivity contribution in [1.29, 1.82) is 0 Å². The van der Waals surface area contributed by atoms with E-state index >= 15 is 0 Å². The molecule has 2 aromatic carbocycles. The summed E-state index contributed by atoms with van der Waals surface area (Å²) in [5.74, 6) is 0.704. The van der Waals surface area contributed by atoms with Crippen LogP contribution in [0.3, 0.4) is 0 Å². The molecule has 0 unspecified atom stereocenters. The molecule has 3 rings (SSSR count). The van der Waals surface area contributed by atoms with Crippen LogP contribution >= 0.6 is 23.5 Å². The first-order valence-corrected chi connectivity index (χ1v) is 12.9. The Morgan fingerprint density at radius 3 is 2.29 bits per heavy atom. The molecule has 0 aromatic heterocycles. The SMILES string of the molecule is CC.CC.CC1=CCC(OCP(=O)(O)O)=CC(C)=C1c1cccc2c(Br)c(O)ccc12. The molecule has 0 atom stereocenters. The van der Waals surface area contributed by atoms with Gasteiger partial charge >= 0.3 is 7.60 Å². The average molecular weight is 511 g/mol. The molecule has 0 amide bonds. The summed E-state index contributed by atoms with van der Waals surface area (Å²) in [6.07, 6.45) is 3.65. The van der Waals surface area contributed by atoms with E-state index in [1.807, 2.05) is 78.0 Å². The largest absolute Gasteiger partial charge is 0.507 e. The molecule has 1 aliphatic rings. The minimum Gasteiger partial charge on any atom is -0.507 e. The Morgan fingerprint density at radius 1 is 1.03 bits per heavy atom. The highest BCUT2D eigenvalue weighted by atomic mass is 79.9. The highest BCUT2D eigenvalue weighted by Crippen LogP contribution is 2.40. The molecule has 0 bridgehead atoms. The maximum atomic E-state index is 11.1. The van der Waals surface area contributed by atoms with E-state index in [4.69, 9.17) is 14.5 Å². The molecule has 2 aromatic rings. The second-order valence-electron chi connectivity index (χ2n) is 6.50. The van der Waals surface area contributed by atoms with Crippen LogP contribution in [0.1, 0.15) is 53.5 Å². The average Bonchev–Trinajstić information content (AvgIpc) is 2.89. The smallest absolute Gasteiger partial charge is 0.362 e. The Balaban J connectivity index is 0.00000113. The molecule has 31 heavy (non-hydrogen) atoms. The summed E-state index contributed by atoms with van der Waals surface area (Å²) in [6, 6.07) is 9.45. The third kappa shape index (κ3) is 7.08. The first-order valence-electron chi connectivity index (χ1n) is 10.3. The van der Waals surface area contributed by atoms with Gasteiger partial charge < -0.3 is 19.6 Å². The Labute approximate surface area is 193 Å². The highest BCUT2D eigenvalue weighted by Gasteiger charge is 2.18. The number of hydrogen-bond donors (Lipinski definition) is 3. The van der Waals surface area contributed by atoms with Crippen LogP contribution in [0, 0.1) is 0 Å². The molecule has 0 aliphatic heterocycles. The number of phenolic OH excluding ortho intramolecular Hbond substituents is 1. The van der Waals surface area contributed by atoms with Crippen LogP contribution in [-0.2, 0) is 9.30 Å². The zero-order chi connectivity index (χ0) is 23.8. The molecule has 1 aliphatic carbocycles. The van der Waals surface area contributed by atoms with Crippen LogP contribution in [0.5, 0.6) is 5.75 Å². The van der Waals surface area contributed by atoms with Crippen molar-refractivity contribution in [2.75, 3.05) is 6.35 Å². The lowest BCUT2D eigenvalue weighted by atomic mass is 9.90. The van der Waals surface area contributed by atoms with Gasteiger partial charge in [0, 0.05) is 11.8 Å². The number of halogens is 1. The molecule has 7 heteroatoms. The molecule has 0 spiro atoms. The van der Waals surface area contributed by atoms with Crippen molar-refractivity contribution in [3.63, 3.8) is 0 Å². The fourth-order valence-electron chi connectivity index (χ4n) is 3.26. The van der Waals surface area contributed by atoms with E-state index in [1.165, 1.54) is 0 Å². The predicted octanol–water partition coefficient (Wildman–Crippen LogP) is 7.52. The lowest BCUT2D eigenvalue weighted by molar-refractivity contribution is 0.224. The van der Waals surface area contributed by atoms with Crippen molar-refractivity contribution in [2.24, 2.45) is 0 Å². The summed E-state index contributed by atoms with van der Waals surface area (Å²) < 4.78 is 17.1. The molecule has 0 saturated heterocycles. The van der Waals surface area contributed by atoms with Crippen LogP contribution < -0.4 is 0 Å². The Morgan fingerprint density at radius 2 is 1.68 bits per heavy atom. The van der Waals surface area contributed by atoms with Gasteiger partial charge in [-0.15, -0.1) is 0 Å². The van der Waals surface area contributed by atoms with E-state index in [1.54, 1.807) is 6.07 Å². The van der Waals surface area contributed by atoms with Crippen LogP contribution in [0.15, 0.2) is 63.9 Å². The zero-order valence-corrected chi connectivity index (χ0v) is 21.4. The maximum absolute atomic E-state index is 11.1. The van der Waals surface area contributed by atoms with Gasteiger partial charge in [0.25, 0.3) is 0 Å². The van der Waals surface area contributed by atoms with Crippen molar-refractivity contribution in [3.05, 3.63) is 69.4 Å². The van der Waals surface area contributed by atoms with E-state index < -0.39 is 13.9 Å². The second-order valence-corrected chi connectivity index (χ2v) is 8.88.